The molecule has 196 valence electrons. The van der Waals surface area contributed by atoms with Crippen molar-refractivity contribution in [3.8, 4) is 17.2 Å². The van der Waals surface area contributed by atoms with E-state index in [0.29, 0.717) is 68.8 Å². The van der Waals surface area contributed by atoms with Gasteiger partial charge in [0.1, 0.15) is 5.60 Å². The average Bonchev–Trinajstić information content (AvgIpc) is 2.79. The second-order valence-electron chi connectivity index (χ2n) is 8.95. The van der Waals surface area contributed by atoms with Crippen molar-refractivity contribution in [2.75, 3.05) is 52.5 Å². The first-order valence-electron chi connectivity index (χ1n) is 12.2. The summed E-state index contributed by atoms with van der Waals surface area (Å²) < 4.78 is 22.3. The number of rotatable bonds is 10. The molecule has 1 aromatic rings. The summed E-state index contributed by atoms with van der Waals surface area (Å²) in [6, 6.07) is 3.36. The highest BCUT2D eigenvalue weighted by Crippen LogP contribution is 2.39. The Morgan fingerprint density at radius 1 is 0.857 bits per heavy atom. The molecule has 2 rings (SSSR count). The van der Waals surface area contributed by atoms with Gasteiger partial charge in [-0.3, -0.25) is 9.59 Å². The molecule has 0 aromatic heterocycles. The SMILES string of the molecule is CCOc1cc(C(=O)N2CCN(C(=O)CCNC(=O)OC(C)(C)C)CC2)cc(OCC)c1OCC. The standard InChI is InChI=1S/C25H39N3O7/c1-7-32-19-16-18(17-20(33-8-2)22(19)34-9-3)23(30)28-14-12-27(13-15-28)21(29)10-11-26-24(31)35-25(4,5)6/h16-17H,7-15H2,1-6H3,(H,26,31). The molecule has 1 aliphatic rings. The smallest absolute Gasteiger partial charge is 0.407 e. The van der Waals surface area contributed by atoms with E-state index in [1.165, 1.54) is 0 Å². The number of carbonyl (C=O) groups is 3. The summed E-state index contributed by atoms with van der Waals surface area (Å²) in [6.07, 6.45) is -0.379. The molecule has 0 radical (unpaired) electrons. The van der Waals surface area contributed by atoms with Gasteiger partial charge in [0.25, 0.3) is 5.91 Å². The molecule has 0 spiro atoms. The topological polar surface area (TPSA) is 107 Å². The van der Waals surface area contributed by atoms with E-state index in [9.17, 15) is 14.4 Å². The predicted octanol–water partition coefficient (Wildman–Crippen LogP) is 3.08. The maximum Gasteiger partial charge on any atom is 0.407 e. The van der Waals surface area contributed by atoms with E-state index in [1.807, 2.05) is 20.8 Å². The lowest BCUT2D eigenvalue weighted by Gasteiger charge is -2.35. The van der Waals surface area contributed by atoms with Gasteiger partial charge in [0.15, 0.2) is 11.5 Å². The zero-order valence-corrected chi connectivity index (χ0v) is 21.8. The molecule has 0 atom stereocenters. The molecule has 0 saturated carbocycles. The Kier molecular flexibility index (Phi) is 10.5. The van der Waals surface area contributed by atoms with Gasteiger partial charge in [0.2, 0.25) is 11.7 Å². The van der Waals surface area contributed by atoms with Gasteiger partial charge < -0.3 is 34.1 Å². The summed E-state index contributed by atoms with van der Waals surface area (Å²) in [6.45, 7) is 14.1. The fourth-order valence-electron chi connectivity index (χ4n) is 3.60. The molecule has 3 amide bonds. The van der Waals surface area contributed by atoms with E-state index in [2.05, 4.69) is 5.32 Å². The number of nitrogens with one attached hydrogen (secondary N) is 1. The lowest BCUT2D eigenvalue weighted by molar-refractivity contribution is -0.132. The van der Waals surface area contributed by atoms with Crippen molar-refractivity contribution in [2.24, 2.45) is 0 Å². The van der Waals surface area contributed by atoms with Gasteiger partial charge in [-0.1, -0.05) is 0 Å². The predicted molar refractivity (Wildman–Crippen MR) is 131 cm³/mol. The van der Waals surface area contributed by atoms with Gasteiger partial charge in [0.05, 0.1) is 19.8 Å². The second-order valence-corrected chi connectivity index (χ2v) is 8.95. The third-order valence-corrected chi connectivity index (χ3v) is 5.08. The molecule has 1 heterocycles. The first kappa shape index (κ1) is 28.1. The van der Waals surface area contributed by atoms with Crippen LogP contribution >= 0.6 is 0 Å². The number of ether oxygens (including phenoxy) is 4. The Bertz CT molecular complexity index is 847. The summed E-state index contributed by atoms with van der Waals surface area (Å²) in [4.78, 5) is 40.9. The third kappa shape index (κ3) is 8.52. The molecular weight excluding hydrogens is 454 g/mol. The normalized spacial score (nSPS) is 13.8. The zero-order chi connectivity index (χ0) is 26.0. The molecular formula is C25H39N3O7. The third-order valence-electron chi connectivity index (χ3n) is 5.08. The minimum absolute atomic E-state index is 0.0773. The number of nitrogens with zero attached hydrogens (tertiary/aromatic N) is 2. The summed E-state index contributed by atoms with van der Waals surface area (Å²) in [7, 11) is 0. The van der Waals surface area contributed by atoms with Crippen molar-refractivity contribution < 1.29 is 33.3 Å². The van der Waals surface area contributed by atoms with Crippen LogP contribution < -0.4 is 19.5 Å². The van der Waals surface area contributed by atoms with Crippen LogP contribution in [0.15, 0.2) is 12.1 Å². The van der Waals surface area contributed by atoms with Gasteiger partial charge in [-0.25, -0.2) is 4.79 Å². The minimum atomic E-state index is -0.590. The molecule has 1 fully saturated rings. The van der Waals surface area contributed by atoms with Gasteiger partial charge in [-0.2, -0.15) is 0 Å². The van der Waals surface area contributed by atoms with Crippen molar-refractivity contribution in [2.45, 2.75) is 53.6 Å². The highest BCUT2D eigenvalue weighted by atomic mass is 16.6. The summed E-state index contributed by atoms with van der Waals surface area (Å²) >= 11 is 0. The minimum Gasteiger partial charge on any atom is -0.490 e. The van der Waals surface area contributed by atoms with Crippen LogP contribution in [-0.2, 0) is 9.53 Å². The highest BCUT2D eigenvalue weighted by Gasteiger charge is 2.27. The summed E-state index contributed by atoms with van der Waals surface area (Å²) in [5, 5.41) is 2.60. The lowest BCUT2D eigenvalue weighted by Crippen LogP contribution is -2.51. The monoisotopic (exact) mass is 493 g/mol. The maximum absolute atomic E-state index is 13.2. The Morgan fingerprint density at radius 3 is 1.86 bits per heavy atom. The molecule has 35 heavy (non-hydrogen) atoms. The largest absolute Gasteiger partial charge is 0.490 e. The number of amides is 3. The average molecular weight is 494 g/mol. The van der Waals surface area contributed by atoms with Crippen molar-refractivity contribution >= 4 is 17.9 Å². The molecule has 10 nitrogen and oxygen atoms in total. The number of carbonyl (C=O) groups excluding carboxylic acids is 3. The second kappa shape index (κ2) is 13.1. The molecule has 0 unspecified atom stereocenters. The quantitative estimate of drug-likeness (QED) is 0.534. The van der Waals surface area contributed by atoms with Crippen molar-refractivity contribution in [3.63, 3.8) is 0 Å². The Balaban J connectivity index is 1.96. The van der Waals surface area contributed by atoms with Gasteiger partial charge in [-0.15, -0.1) is 0 Å². The van der Waals surface area contributed by atoms with Crippen LogP contribution in [0.25, 0.3) is 0 Å². The Morgan fingerprint density at radius 2 is 1.37 bits per heavy atom. The molecule has 10 heteroatoms. The van der Waals surface area contributed by atoms with Gasteiger partial charge in [-0.05, 0) is 53.7 Å². The highest BCUT2D eigenvalue weighted by molar-refractivity contribution is 5.96. The number of alkyl carbamates (subject to hydrolysis) is 1. The van der Waals surface area contributed by atoms with E-state index in [4.69, 9.17) is 18.9 Å². The number of hydrogen-bond donors (Lipinski definition) is 1. The van der Waals surface area contributed by atoms with Gasteiger partial charge in [0, 0.05) is 44.7 Å². The molecule has 1 N–H and O–H groups in total. The Hall–Kier alpha value is -3.17. The molecule has 0 aliphatic carbocycles. The van der Waals surface area contributed by atoms with Crippen molar-refractivity contribution in [1.82, 2.24) is 15.1 Å². The first-order chi connectivity index (χ1) is 16.6. The van der Waals surface area contributed by atoms with Crippen LogP contribution in [0.3, 0.4) is 0 Å². The number of benzene rings is 1. The van der Waals surface area contributed by atoms with Crippen LogP contribution in [0.5, 0.6) is 17.2 Å². The first-order valence-corrected chi connectivity index (χ1v) is 12.2. The maximum atomic E-state index is 13.2. The van der Waals surface area contributed by atoms with Crippen LogP contribution in [0.4, 0.5) is 4.79 Å². The number of piperazine rings is 1. The molecule has 0 bridgehead atoms. The van der Waals surface area contributed by atoms with E-state index >= 15 is 0 Å². The van der Waals surface area contributed by atoms with E-state index in [1.54, 1.807) is 42.7 Å². The van der Waals surface area contributed by atoms with E-state index in [-0.39, 0.29) is 24.8 Å². The van der Waals surface area contributed by atoms with E-state index < -0.39 is 11.7 Å². The zero-order valence-electron chi connectivity index (χ0n) is 21.8. The van der Waals surface area contributed by atoms with Crippen molar-refractivity contribution in [1.29, 1.82) is 0 Å². The van der Waals surface area contributed by atoms with Crippen LogP contribution in [0.1, 0.15) is 58.3 Å². The summed E-state index contributed by atoms with van der Waals surface area (Å²) in [5.74, 6) is 1.19. The summed E-state index contributed by atoms with van der Waals surface area (Å²) in [5.41, 5.74) is -0.144. The Labute approximate surface area is 207 Å². The van der Waals surface area contributed by atoms with E-state index in [0.717, 1.165) is 0 Å². The fourth-order valence-corrected chi connectivity index (χ4v) is 3.60. The molecule has 1 aliphatic heterocycles. The van der Waals surface area contributed by atoms with Crippen LogP contribution in [0.2, 0.25) is 0 Å². The van der Waals surface area contributed by atoms with Crippen molar-refractivity contribution in [3.05, 3.63) is 17.7 Å². The lowest BCUT2D eigenvalue weighted by atomic mass is 10.1. The van der Waals surface area contributed by atoms with Gasteiger partial charge >= 0.3 is 6.09 Å². The molecule has 1 aromatic carbocycles. The fraction of sp³-hybridized carbons (Fsp3) is 0.640. The number of hydrogen-bond acceptors (Lipinski definition) is 7. The molecule has 1 saturated heterocycles. The van der Waals surface area contributed by atoms with Crippen LogP contribution in [0, 0.1) is 0 Å². The van der Waals surface area contributed by atoms with Crippen LogP contribution in [-0.4, -0.2) is 85.9 Å².